The van der Waals surface area contributed by atoms with E-state index in [1.807, 2.05) is 30.3 Å². The van der Waals surface area contributed by atoms with Crippen LogP contribution in [0.25, 0.3) is 10.8 Å². The smallest absolute Gasteiger partial charge is 0.269 e. The van der Waals surface area contributed by atoms with Crippen LogP contribution in [0.4, 0.5) is 17.1 Å². The maximum Gasteiger partial charge on any atom is 0.269 e. The van der Waals surface area contributed by atoms with Crippen molar-refractivity contribution in [1.29, 1.82) is 0 Å². The summed E-state index contributed by atoms with van der Waals surface area (Å²) in [6.45, 7) is 0. The minimum atomic E-state index is -0.497. The molecule has 0 saturated carbocycles. The van der Waals surface area contributed by atoms with Crippen LogP contribution >= 0.6 is 0 Å². The number of hydrogen-bond acceptors (Lipinski definition) is 4. The van der Waals surface area contributed by atoms with Gasteiger partial charge in [0.15, 0.2) is 0 Å². The van der Waals surface area contributed by atoms with Gasteiger partial charge in [-0.05, 0) is 35.7 Å². The number of phenolic OH excluding ortho intramolecular Hbond substituents is 1. The summed E-state index contributed by atoms with van der Waals surface area (Å²) in [6.07, 6.45) is 0. The first-order valence-corrected chi connectivity index (χ1v) is 8.91. The predicted molar refractivity (Wildman–Crippen MR) is 112 cm³/mol. The lowest BCUT2D eigenvalue weighted by Crippen LogP contribution is -2.26. The van der Waals surface area contributed by atoms with Gasteiger partial charge in [-0.1, -0.05) is 48.5 Å². The Morgan fingerprint density at radius 1 is 0.828 bits per heavy atom. The largest absolute Gasteiger partial charge is 0.506 e. The first-order valence-electron chi connectivity index (χ1n) is 8.91. The van der Waals surface area contributed by atoms with Gasteiger partial charge in [0.05, 0.1) is 10.6 Å². The van der Waals surface area contributed by atoms with Gasteiger partial charge in [-0.15, -0.1) is 0 Å². The number of aromatic hydroxyl groups is 1. The van der Waals surface area contributed by atoms with Gasteiger partial charge >= 0.3 is 0 Å². The fourth-order valence-corrected chi connectivity index (χ4v) is 3.26. The van der Waals surface area contributed by atoms with Crippen molar-refractivity contribution in [2.75, 3.05) is 4.90 Å². The summed E-state index contributed by atoms with van der Waals surface area (Å²) in [5.74, 6) is -0.419. The standard InChI is InChI=1S/C23H16N2O4/c26-21-15-10-16-6-4-5-9-20(16)22(21)24(23(27)17-7-2-1-3-8-17)18-11-13-19(14-12-18)25(28)29/h1-15,26H. The quantitative estimate of drug-likeness (QED) is 0.375. The molecule has 1 N–H and O–H groups in total. The maximum atomic E-state index is 13.4. The third-order valence-corrected chi connectivity index (χ3v) is 4.65. The Morgan fingerprint density at radius 2 is 1.48 bits per heavy atom. The van der Waals surface area contributed by atoms with Crippen LogP contribution in [0.2, 0.25) is 0 Å². The Labute approximate surface area is 166 Å². The highest BCUT2D eigenvalue weighted by Crippen LogP contribution is 2.40. The van der Waals surface area contributed by atoms with Gasteiger partial charge in [-0.3, -0.25) is 19.8 Å². The molecule has 0 fully saturated rings. The summed E-state index contributed by atoms with van der Waals surface area (Å²) in [7, 11) is 0. The van der Waals surface area contributed by atoms with Crippen molar-refractivity contribution in [1.82, 2.24) is 0 Å². The van der Waals surface area contributed by atoms with Gasteiger partial charge in [-0.25, -0.2) is 0 Å². The molecule has 6 nitrogen and oxygen atoms in total. The molecule has 0 heterocycles. The van der Waals surface area contributed by atoms with E-state index < -0.39 is 4.92 Å². The van der Waals surface area contributed by atoms with Crippen molar-refractivity contribution >= 4 is 33.7 Å². The van der Waals surface area contributed by atoms with Crippen LogP contribution in [-0.4, -0.2) is 15.9 Å². The Morgan fingerprint density at radius 3 is 2.17 bits per heavy atom. The minimum absolute atomic E-state index is 0.0636. The summed E-state index contributed by atoms with van der Waals surface area (Å²) in [6, 6.07) is 25.1. The number of fused-ring (bicyclic) bond motifs is 1. The Bertz CT molecular complexity index is 1200. The molecule has 0 aliphatic heterocycles. The molecule has 0 unspecified atom stereocenters. The second-order valence-electron chi connectivity index (χ2n) is 6.43. The third kappa shape index (κ3) is 3.39. The Kier molecular flexibility index (Phi) is 4.66. The molecule has 0 spiro atoms. The van der Waals surface area contributed by atoms with Gasteiger partial charge in [-0.2, -0.15) is 0 Å². The summed E-state index contributed by atoms with van der Waals surface area (Å²) in [5, 5.41) is 23.2. The van der Waals surface area contributed by atoms with Gasteiger partial charge in [0, 0.05) is 28.8 Å². The lowest BCUT2D eigenvalue weighted by Gasteiger charge is -2.25. The number of benzene rings is 4. The molecule has 0 aromatic heterocycles. The molecule has 0 radical (unpaired) electrons. The van der Waals surface area contributed by atoms with Crippen molar-refractivity contribution in [2.24, 2.45) is 0 Å². The number of nitro benzene ring substituents is 1. The molecule has 0 bridgehead atoms. The summed E-state index contributed by atoms with van der Waals surface area (Å²) < 4.78 is 0. The van der Waals surface area contributed by atoms with Gasteiger partial charge in [0.2, 0.25) is 0 Å². The second kappa shape index (κ2) is 7.44. The van der Waals surface area contributed by atoms with Crippen molar-refractivity contribution in [3.05, 3.63) is 107 Å². The van der Waals surface area contributed by atoms with Crippen LogP contribution in [0.1, 0.15) is 10.4 Å². The number of nitro groups is 1. The first-order chi connectivity index (χ1) is 14.1. The minimum Gasteiger partial charge on any atom is -0.506 e. The molecule has 0 aliphatic carbocycles. The monoisotopic (exact) mass is 384 g/mol. The van der Waals surface area contributed by atoms with Crippen LogP contribution in [-0.2, 0) is 0 Å². The highest BCUT2D eigenvalue weighted by atomic mass is 16.6. The van der Waals surface area contributed by atoms with E-state index in [-0.39, 0.29) is 17.3 Å². The van der Waals surface area contributed by atoms with Crippen molar-refractivity contribution in [3.63, 3.8) is 0 Å². The van der Waals surface area contributed by atoms with E-state index in [0.29, 0.717) is 22.3 Å². The molecule has 4 aromatic rings. The van der Waals surface area contributed by atoms with Gasteiger partial charge in [0.1, 0.15) is 5.75 Å². The average molecular weight is 384 g/mol. The molecule has 4 rings (SSSR count). The van der Waals surface area contributed by atoms with Crippen LogP contribution < -0.4 is 4.90 Å². The number of anilines is 2. The fraction of sp³-hybridized carbons (Fsp3) is 0. The molecule has 0 aliphatic rings. The summed E-state index contributed by atoms with van der Waals surface area (Å²) >= 11 is 0. The zero-order valence-electron chi connectivity index (χ0n) is 15.2. The van der Waals surface area contributed by atoms with E-state index in [1.165, 1.54) is 35.2 Å². The lowest BCUT2D eigenvalue weighted by molar-refractivity contribution is -0.384. The summed E-state index contributed by atoms with van der Waals surface area (Å²) in [4.78, 5) is 25.4. The zero-order chi connectivity index (χ0) is 20.4. The third-order valence-electron chi connectivity index (χ3n) is 4.65. The Balaban J connectivity index is 1.95. The molecule has 6 heteroatoms. The van der Waals surface area contributed by atoms with Crippen LogP contribution in [0.15, 0.2) is 91.0 Å². The zero-order valence-corrected chi connectivity index (χ0v) is 15.2. The number of carbonyl (C=O) groups is 1. The van der Waals surface area contributed by atoms with Crippen LogP contribution in [0.3, 0.4) is 0 Å². The molecular weight excluding hydrogens is 368 g/mol. The second-order valence-corrected chi connectivity index (χ2v) is 6.43. The van der Waals surface area contributed by atoms with Gasteiger partial charge in [0.25, 0.3) is 11.6 Å². The molecule has 0 atom stereocenters. The normalized spacial score (nSPS) is 10.6. The van der Waals surface area contributed by atoms with E-state index in [4.69, 9.17) is 0 Å². The van der Waals surface area contributed by atoms with Gasteiger partial charge < -0.3 is 5.11 Å². The number of hydrogen-bond donors (Lipinski definition) is 1. The molecule has 4 aromatic carbocycles. The first kappa shape index (κ1) is 18.2. The number of phenols is 1. The van der Waals surface area contributed by atoms with E-state index in [2.05, 4.69) is 0 Å². The van der Waals surface area contributed by atoms with Crippen molar-refractivity contribution in [3.8, 4) is 5.75 Å². The fourth-order valence-electron chi connectivity index (χ4n) is 3.26. The molecule has 29 heavy (non-hydrogen) atoms. The molecular formula is C23H16N2O4. The van der Waals surface area contributed by atoms with E-state index >= 15 is 0 Å². The number of amides is 1. The van der Waals surface area contributed by atoms with Crippen molar-refractivity contribution in [2.45, 2.75) is 0 Å². The average Bonchev–Trinajstić information content (AvgIpc) is 2.76. The highest BCUT2D eigenvalue weighted by molar-refractivity contribution is 6.16. The summed E-state index contributed by atoms with van der Waals surface area (Å²) in [5.41, 5.74) is 1.09. The SMILES string of the molecule is O=C(c1ccccc1)N(c1ccc([N+](=O)[O-])cc1)c1c(O)ccc2ccccc12. The lowest BCUT2D eigenvalue weighted by atomic mass is 10.0. The van der Waals surface area contributed by atoms with E-state index in [1.54, 1.807) is 30.3 Å². The van der Waals surface area contributed by atoms with E-state index in [0.717, 1.165) is 5.39 Å². The number of carbonyl (C=O) groups excluding carboxylic acids is 1. The maximum absolute atomic E-state index is 13.4. The molecule has 142 valence electrons. The predicted octanol–water partition coefficient (Wildman–Crippen LogP) is 5.43. The van der Waals surface area contributed by atoms with Crippen LogP contribution in [0.5, 0.6) is 5.75 Å². The topological polar surface area (TPSA) is 83.7 Å². The number of non-ortho nitro benzene ring substituents is 1. The number of nitrogens with zero attached hydrogens (tertiary/aromatic N) is 2. The van der Waals surface area contributed by atoms with E-state index in [9.17, 15) is 20.0 Å². The molecule has 1 amide bonds. The Hall–Kier alpha value is -4.19. The van der Waals surface area contributed by atoms with Crippen molar-refractivity contribution < 1.29 is 14.8 Å². The molecule has 0 saturated heterocycles. The number of rotatable bonds is 4. The highest BCUT2D eigenvalue weighted by Gasteiger charge is 2.25. The van der Waals surface area contributed by atoms with Crippen LogP contribution in [0, 0.1) is 10.1 Å².